The van der Waals surface area contributed by atoms with Crippen molar-refractivity contribution in [1.29, 1.82) is 0 Å². The van der Waals surface area contributed by atoms with E-state index in [2.05, 4.69) is 0 Å². The molecule has 0 aliphatic heterocycles. The van der Waals surface area contributed by atoms with Gasteiger partial charge in [0.05, 0.1) is 0 Å². The SMILES string of the molecule is C.O=CC(Cl)(Cl)Cl.O=CC(Cl)(Cl)Cl. The van der Waals surface area contributed by atoms with Crippen molar-refractivity contribution in [3.8, 4) is 0 Å². The highest BCUT2D eigenvalue weighted by molar-refractivity contribution is 6.74. The summed E-state index contributed by atoms with van der Waals surface area (Å²) in [5.41, 5.74) is 0. The first-order valence-electron chi connectivity index (χ1n) is 2.18. The number of rotatable bonds is 0. The summed E-state index contributed by atoms with van der Waals surface area (Å²) in [4.78, 5) is 18.9. The Balaban J connectivity index is -0.000000143. The van der Waals surface area contributed by atoms with Crippen molar-refractivity contribution in [2.24, 2.45) is 0 Å². The zero-order chi connectivity index (χ0) is 10.4. The normalized spacial score (nSPS) is 10.3. The van der Waals surface area contributed by atoms with E-state index >= 15 is 0 Å². The number of halogens is 6. The number of hydrogen-bond donors (Lipinski definition) is 0. The summed E-state index contributed by atoms with van der Waals surface area (Å²) in [6, 6.07) is 0. The fourth-order valence-electron chi connectivity index (χ4n) is 0. The molecule has 0 saturated carbocycles. The Bertz CT molecular complexity index is 128. The molecule has 0 bridgehead atoms. The molecule has 0 aliphatic rings. The monoisotopic (exact) mass is 308 g/mol. The topological polar surface area (TPSA) is 34.1 Å². The van der Waals surface area contributed by atoms with Crippen LogP contribution in [0.2, 0.25) is 0 Å². The van der Waals surface area contributed by atoms with Crippen LogP contribution in [0.25, 0.3) is 0 Å². The van der Waals surface area contributed by atoms with E-state index in [1.54, 1.807) is 0 Å². The van der Waals surface area contributed by atoms with Gasteiger partial charge in [0, 0.05) is 0 Å². The van der Waals surface area contributed by atoms with Crippen LogP contribution in [0.15, 0.2) is 0 Å². The summed E-state index contributed by atoms with van der Waals surface area (Å²) in [7, 11) is 0. The molecule has 0 aliphatic carbocycles. The fraction of sp³-hybridized carbons (Fsp3) is 0.600. The van der Waals surface area contributed by atoms with Crippen molar-refractivity contribution in [3.63, 3.8) is 0 Å². The van der Waals surface area contributed by atoms with Crippen LogP contribution < -0.4 is 0 Å². The molecule has 0 atom stereocenters. The van der Waals surface area contributed by atoms with Crippen LogP contribution in [0.4, 0.5) is 0 Å². The molecule has 0 amide bonds. The first-order valence-corrected chi connectivity index (χ1v) is 4.45. The largest absolute Gasteiger partial charge is 0.299 e. The number of alkyl halides is 6. The Kier molecular flexibility index (Phi) is 12.7. The van der Waals surface area contributed by atoms with Crippen LogP contribution in [-0.4, -0.2) is 20.2 Å². The quantitative estimate of drug-likeness (QED) is 0.504. The van der Waals surface area contributed by atoms with Crippen molar-refractivity contribution in [2.45, 2.75) is 15.0 Å². The van der Waals surface area contributed by atoms with Gasteiger partial charge in [-0.25, -0.2) is 0 Å². The number of carbonyl (C=O) groups is 2. The van der Waals surface area contributed by atoms with Crippen LogP contribution >= 0.6 is 69.6 Å². The first kappa shape index (κ1) is 19.6. The van der Waals surface area contributed by atoms with E-state index in [-0.39, 0.29) is 20.0 Å². The van der Waals surface area contributed by atoms with Gasteiger partial charge in [-0.15, -0.1) is 0 Å². The number of carbonyl (C=O) groups excluding carboxylic acids is 2. The second kappa shape index (κ2) is 8.39. The zero-order valence-corrected chi connectivity index (χ0v) is 9.77. The molecular formula is C5H6Cl6O2. The standard InChI is InChI=1S/2C2HCl3O.CH4/c2*3-2(4,5)1-6;/h2*1H;1H4. The van der Waals surface area contributed by atoms with Gasteiger partial charge in [-0.1, -0.05) is 77.0 Å². The number of hydrogen-bond acceptors (Lipinski definition) is 2. The molecule has 0 heterocycles. The highest BCUT2D eigenvalue weighted by Gasteiger charge is 2.16. The minimum absolute atomic E-state index is 0. The van der Waals surface area contributed by atoms with Gasteiger partial charge in [-0.05, 0) is 0 Å². The van der Waals surface area contributed by atoms with Crippen LogP contribution in [0.5, 0.6) is 0 Å². The average Bonchev–Trinajstić information content (AvgIpc) is 1.86. The lowest BCUT2D eigenvalue weighted by Gasteiger charge is -1.93. The van der Waals surface area contributed by atoms with E-state index in [1.807, 2.05) is 0 Å². The molecule has 0 rings (SSSR count). The van der Waals surface area contributed by atoms with E-state index in [0.717, 1.165) is 0 Å². The van der Waals surface area contributed by atoms with Gasteiger partial charge in [-0.3, -0.25) is 9.59 Å². The zero-order valence-electron chi connectivity index (χ0n) is 5.24. The van der Waals surface area contributed by atoms with Gasteiger partial charge in [0.25, 0.3) is 0 Å². The molecule has 0 aromatic heterocycles. The molecule has 0 aromatic rings. The lowest BCUT2D eigenvalue weighted by molar-refractivity contribution is -0.107. The summed E-state index contributed by atoms with van der Waals surface area (Å²) in [5, 5.41) is 0. The average molecular weight is 311 g/mol. The van der Waals surface area contributed by atoms with E-state index in [1.165, 1.54) is 0 Å². The Morgan fingerprint density at radius 1 is 0.692 bits per heavy atom. The predicted molar refractivity (Wildman–Crippen MR) is 59.4 cm³/mol. The Labute approximate surface area is 106 Å². The van der Waals surface area contributed by atoms with Crippen molar-refractivity contribution < 1.29 is 9.59 Å². The Morgan fingerprint density at radius 3 is 0.769 bits per heavy atom. The third-order valence-electron chi connectivity index (χ3n) is 0.267. The lowest BCUT2D eigenvalue weighted by Crippen LogP contribution is -2.00. The maximum absolute atomic E-state index is 9.43. The molecular weight excluding hydrogens is 305 g/mol. The van der Waals surface area contributed by atoms with Crippen molar-refractivity contribution in [2.75, 3.05) is 0 Å². The van der Waals surface area contributed by atoms with E-state index in [9.17, 15) is 9.59 Å². The smallest absolute Gasteiger partial charge is 0.245 e. The van der Waals surface area contributed by atoms with E-state index in [4.69, 9.17) is 69.6 Å². The Hall–Kier alpha value is 1.08. The van der Waals surface area contributed by atoms with Crippen molar-refractivity contribution in [1.82, 2.24) is 0 Å². The summed E-state index contributed by atoms with van der Waals surface area (Å²) < 4.78 is -3.44. The Morgan fingerprint density at radius 2 is 0.769 bits per heavy atom. The minimum atomic E-state index is -1.72. The maximum Gasteiger partial charge on any atom is 0.245 e. The minimum Gasteiger partial charge on any atom is -0.299 e. The molecule has 0 fully saturated rings. The first-order chi connectivity index (χ1) is 5.12. The molecule has 0 aromatic carbocycles. The highest BCUT2D eigenvalue weighted by Crippen LogP contribution is 2.22. The van der Waals surface area contributed by atoms with Crippen molar-refractivity contribution in [3.05, 3.63) is 0 Å². The molecule has 0 N–H and O–H groups in total. The lowest BCUT2D eigenvalue weighted by atomic mass is 10.9. The van der Waals surface area contributed by atoms with Crippen LogP contribution in [0, 0.1) is 0 Å². The highest BCUT2D eigenvalue weighted by atomic mass is 35.6. The molecule has 80 valence electrons. The summed E-state index contributed by atoms with van der Waals surface area (Å²) in [5.74, 6) is 0. The predicted octanol–water partition coefficient (Wildman–Crippen LogP) is 3.75. The molecule has 8 heteroatoms. The van der Waals surface area contributed by atoms with E-state index < -0.39 is 7.59 Å². The summed E-state index contributed by atoms with van der Waals surface area (Å²) in [6.07, 6.45) is 0.468. The van der Waals surface area contributed by atoms with Gasteiger partial charge < -0.3 is 0 Å². The van der Waals surface area contributed by atoms with Crippen LogP contribution in [0.1, 0.15) is 7.43 Å². The fourth-order valence-corrected chi connectivity index (χ4v) is 0. The molecule has 2 nitrogen and oxygen atoms in total. The molecule has 0 spiro atoms. The molecule has 13 heavy (non-hydrogen) atoms. The molecule has 0 unspecified atom stereocenters. The second-order valence-corrected chi connectivity index (χ2v) is 6.06. The van der Waals surface area contributed by atoms with E-state index in [0.29, 0.717) is 0 Å². The second-order valence-electron chi connectivity index (χ2n) is 1.32. The van der Waals surface area contributed by atoms with Gasteiger partial charge >= 0.3 is 0 Å². The molecule has 0 radical (unpaired) electrons. The summed E-state index contributed by atoms with van der Waals surface area (Å²) in [6.45, 7) is 0. The van der Waals surface area contributed by atoms with Gasteiger partial charge in [0.15, 0.2) is 12.6 Å². The molecule has 0 saturated heterocycles. The van der Waals surface area contributed by atoms with Gasteiger partial charge in [0.1, 0.15) is 0 Å². The third kappa shape index (κ3) is 32.0. The number of aldehydes is 2. The summed E-state index contributed by atoms with van der Waals surface area (Å²) >= 11 is 29.3. The van der Waals surface area contributed by atoms with Gasteiger partial charge in [0.2, 0.25) is 7.59 Å². The third-order valence-corrected chi connectivity index (χ3v) is 0.802. The maximum atomic E-state index is 9.43. The van der Waals surface area contributed by atoms with Gasteiger partial charge in [-0.2, -0.15) is 0 Å². The van der Waals surface area contributed by atoms with Crippen molar-refractivity contribution >= 4 is 82.2 Å². The van der Waals surface area contributed by atoms with Crippen LogP contribution in [0.3, 0.4) is 0 Å². The van der Waals surface area contributed by atoms with Crippen LogP contribution in [-0.2, 0) is 9.59 Å².